The summed E-state index contributed by atoms with van der Waals surface area (Å²) >= 11 is 6.30. The van der Waals surface area contributed by atoms with Crippen LogP contribution in [-0.2, 0) is 26.2 Å². The van der Waals surface area contributed by atoms with Crippen molar-refractivity contribution in [3.05, 3.63) is 92.5 Å². The van der Waals surface area contributed by atoms with E-state index < -0.39 is 38.3 Å². The largest absolute Gasteiger partial charge is 0.495 e. The number of rotatable bonds is 13. The number of amides is 2. The predicted molar refractivity (Wildman–Crippen MR) is 177 cm³/mol. The van der Waals surface area contributed by atoms with Crippen LogP contribution in [0.15, 0.2) is 65.6 Å². The number of benzene rings is 3. The number of nitro benzene ring substituents is 1. The molecule has 1 fully saturated rings. The minimum atomic E-state index is -4.61. The smallest absolute Gasteiger partial charge is 0.273 e. The third-order valence-electron chi connectivity index (χ3n) is 8.21. The van der Waals surface area contributed by atoms with Gasteiger partial charge >= 0.3 is 0 Å². The molecule has 1 aliphatic carbocycles. The van der Waals surface area contributed by atoms with Gasteiger partial charge in [0.15, 0.2) is 0 Å². The molecule has 0 aliphatic heterocycles. The number of nitro groups is 1. The lowest BCUT2D eigenvalue weighted by Gasteiger charge is -2.34. The maximum Gasteiger partial charge on any atom is 0.273 e. The van der Waals surface area contributed by atoms with Gasteiger partial charge in [-0.3, -0.25) is 24.0 Å². The summed E-state index contributed by atoms with van der Waals surface area (Å²) in [5, 5.41) is 15.0. The standard InChI is InChI=1S/C33H39ClN4O7S/c1-5-28(33(40)35-26-8-6-7-9-26)36(20-24-13-10-22(2)11-14-24)32(39)21-37(30-18-25(34)15-17-31(30)45-4)46(43,44)27-16-12-23(3)29(19-27)38(41)42/h10-19,26,28H,5-9,20-21H2,1-4H3,(H,35,40). The number of aryl methyl sites for hydroxylation is 2. The van der Waals surface area contributed by atoms with Crippen LogP contribution in [0, 0.1) is 24.0 Å². The quantitative estimate of drug-likeness (QED) is 0.176. The van der Waals surface area contributed by atoms with E-state index in [0.717, 1.165) is 47.2 Å². The van der Waals surface area contributed by atoms with Gasteiger partial charge in [-0.2, -0.15) is 0 Å². The molecule has 1 aliphatic rings. The van der Waals surface area contributed by atoms with E-state index >= 15 is 0 Å². The fourth-order valence-electron chi connectivity index (χ4n) is 5.62. The van der Waals surface area contributed by atoms with Crippen molar-refractivity contribution >= 4 is 44.8 Å². The number of sulfonamides is 1. The lowest BCUT2D eigenvalue weighted by molar-refractivity contribution is -0.385. The van der Waals surface area contributed by atoms with Crippen molar-refractivity contribution in [1.29, 1.82) is 0 Å². The minimum absolute atomic E-state index is 0.0165. The van der Waals surface area contributed by atoms with Crippen molar-refractivity contribution in [3.63, 3.8) is 0 Å². The monoisotopic (exact) mass is 670 g/mol. The summed E-state index contributed by atoms with van der Waals surface area (Å²) in [5.74, 6) is -0.849. The normalized spacial score (nSPS) is 14.0. The molecular formula is C33H39ClN4O7S. The zero-order chi connectivity index (χ0) is 33.6. The van der Waals surface area contributed by atoms with Gasteiger partial charge in [0.1, 0.15) is 18.3 Å². The van der Waals surface area contributed by atoms with Gasteiger partial charge in [-0.05, 0) is 62.9 Å². The van der Waals surface area contributed by atoms with Crippen LogP contribution in [0.25, 0.3) is 0 Å². The third kappa shape index (κ3) is 7.97. The molecule has 0 aromatic heterocycles. The van der Waals surface area contributed by atoms with Crippen molar-refractivity contribution in [2.45, 2.75) is 76.4 Å². The van der Waals surface area contributed by atoms with E-state index in [1.54, 1.807) is 6.92 Å². The fourth-order valence-corrected chi connectivity index (χ4v) is 7.23. The predicted octanol–water partition coefficient (Wildman–Crippen LogP) is 5.94. The Morgan fingerprint density at radius 1 is 1.07 bits per heavy atom. The zero-order valence-electron chi connectivity index (χ0n) is 26.4. The van der Waals surface area contributed by atoms with E-state index in [2.05, 4.69) is 5.32 Å². The average molecular weight is 671 g/mol. The Balaban J connectivity index is 1.81. The van der Waals surface area contributed by atoms with Gasteiger partial charge < -0.3 is 15.0 Å². The van der Waals surface area contributed by atoms with E-state index in [-0.39, 0.29) is 52.6 Å². The number of ether oxygens (including phenoxy) is 1. The van der Waals surface area contributed by atoms with Gasteiger partial charge in [0, 0.05) is 29.2 Å². The molecule has 0 heterocycles. The van der Waals surface area contributed by atoms with Gasteiger partial charge in [0.05, 0.1) is 22.6 Å². The van der Waals surface area contributed by atoms with E-state index in [1.807, 2.05) is 31.2 Å². The molecule has 1 atom stereocenters. The molecule has 1 saturated carbocycles. The van der Waals surface area contributed by atoms with Crippen LogP contribution < -0.4 is 14.4 Å². The SMILES string of the molecule is CCC(C(=O)NC1CCCC1)N(Cc1ccc(C)cc1)C(=O)CN(c1cc(Cl)ccc1OC)S(=O)(=O)c1ccc(C)c([N+](=O)[O-])c1. The van der Waals surface area contributed by atoms with Gasteiger partial charge in [0.25, 0.3) is 15.7 Å². The van der Waals surface area contributed by atoms with Crippen LogP contribution in [0.3, 0.4) is 0 Å². The topological polar surface area (TPSA) is 139 Å². The van der Waals surface area contributed by atoms with E-state index in [9.17, 15) is 28.1 Å². The second kappa shape index (κ2) is 15.0. The van der Waals surface area contributed by atoms with Crippen LogP contribution in [0.4, 0.5) is 11.4 Å². The number of methoxy groups -OCH3 is 1. The molecule has 4 rings (SSSR count). The Labute approximate surface area is 274 Å². The molecule has 1 N–H and O–H groups in total. The second-order valence-corrected chi connectivity index (χ2v) is 13.8. The minimum Gasteiger partial charge on any atom is -0.495 e. The molecule has 0 radical (unpaired) electrons. The zero-order valence-corrected chi connectivity index (χ0v) is 27.9. The first-order valence-electron chi connectivity index (χ1n) is 15.1. The van der Waals surface area contributed by atoms with E-state index in [0.29, 0.717) is 0 Å². The third-order valence-corrected chi connectivity index (χ3v) is 10.2. The molecule has 3 aromatic rings. The van der Waals surface area contributed by atoms with Gasteiger partial charge in [0.2, 0.25) is 11.8 Å². The Kier molecular flexibility index (Phi) is 11.3. The summed E-state index contributed by atoms with van der Waals surface area (Å²) < 4.78 is 34.9. The fraction of sp³-hybridized carbons (Fsp3) is 0.394. The number of nitrogens with zero attached hydrogens (tertiary/aromatic N) is 3. The van der Waals surface area contributed by atoms with Crippen LogP contribution in [0.5, 0.6) is 5.75 Å². The first-order chi connectivity index (χ1) is 21.8. The lowest BCUT2D eigenvalue weighted by Crippen LogP contribution is -2.53. The Morgan fingerprint density at radius 2 is 1.74 bits per heavy atom. The van der Waals surface area contributed by atoms with Crippen molar-refractivity contribution in [2.75, 3.05) is 18.0 Å². The number of carbonyl (C=O) groups excluding carboxylic acids is 2. The van der Waals surface area contributed by atoms with Crippen molar-refractivity contribution in [3.8, 4) is 5.75 Å². The molecule has 46 heavy (non-hydrogen) atoms. The number of hydrogen-bond donors (Lipinski definition) is 1. The van der Waals surface area contributed by atoms with Crippen LogP contribution in [0.1, 0.15) is 55.7 Å². The summed E-state index contributed by atoms with van der Waals surface area (Å²) in [6.07, 6.45) is 4.03. The Morgan fingerprint density at radius 3 is 2.35 bits per heavy atom. The first kappa shape index (κ1) is 34.7. The number of hydrogen-bond acceptors (Lipinski definition) is 7. The molecule has 0 bridgehead atoms. The first-order valence-corrected chi connectivity index (χ1v) is 16.9. The summed E-state index contributed by atoms with van der Waals surface area (Å²) in [5.41, 5.74) is 1.63. The molecular weight excluding hydrogens is 632 g/mol. The summed E-state index contributed by atoms with van der Waals surface area (Å²) in [7, 11) is -3.26. The van der Waals surface area contributed by atoms with E-state index in [1.165, 1.54) is 49.3 Å². The summed E-state index contributed by atoms with van der Waals surface area (Å²) in [4.78, 5) is 40.1. The van der Waals surface area contributed by atoms with Crippen molar-refractivity contribution in [2.24, 2.45) is 0 Å². The highest BCUT2D eigenvalue weighted by molar-refractivity contribution is 7.92. The summed E-state index contributed by atoms with van der Waals surface area (Å²) in [6.45, 7) is 4.55. The average Bonchev–Trinajstić information content (AvgIpc) is 3.53. The molecule has 2 amide bonds. The summed E-state index contributed by atoms with van der Waals surface area (Å²) in [6, 6.07) is 14.5. The number of halogens is 1. The highest BCUT2D eigenvalue weighted by atomic mass is 35.5. The molecule has 0 spiro atoms. The van der Waals surface area contributed by atoms with Crippen molar-refractivity contribution < 1.29 is 27.7 Å². The van der Waals surface area contributed by atoms with Gasteiger partial charge in [-0.15, -0.1) is 0 Å². The number of nitrogens with one attached hydrogen (secondary N) is 1. The maximum absolute atomic E-state index is 14.4. The molecule has 1 unspecified atom stereocenters. The van der Waals surface area contributed by atoms with Crippen molar-refractivity contribution in [1.82, 2.24) is 10.2 Å². The molecule has 13 heteroatoms. The van der Waals surface area contributed by atoms with Crippen LogP contribution in [0.2, 0.25) is 5.02 Å². The number of anilines is 1. The Hall–Kier alpha value is -4.16. The lowest BCUT2D eigenvalue weighted by atomic mass is 10.1. The molecule has 3 aromatic carbocycles. The maximum atomic E-state index is 14.4. The van der Waals surface area contributed by atoms with Crippen LogP contribution >= 0.6 is 11.6 Å². The molecule has 246 valence electrons. The van der Waals surface area contributed by atoms with Gasteiger partial charge in [-0.25, -0.2) is 8.42 Å². The van der Waals surface area contributed by atoms with E-state index in [4.69, 9.17) is 16.3 Å². The van der Waals surface area contributed by atoms with Gasteiger partial charge in [-0.1, -0.05) is 67.3 Å². The molecule has 0 saturated heterocycles. The molecule has 11 nitrogen and oxygen atoms in total. The highest BCUT2D eigenvalue weighted by Gasteiger charge is 2.36. The second-order valence-electron chi connectivity index (χ2n) is 11.5. The highest BCUT2D eigenvalue weighted by Crippen LogP contribution is 2.36. The van der Waals surface area contributed by atoms with Crippen LogP contribution in [-0.4, -0.2) is 55.8 Å². The Bertz CT molecular complexity index is 1690. The number of carbonyl (C=O) groups is 2.